The number of aromatic nitrogens is 2. The third-order valence-electron chi connectivity index (χ3n) is 4.23. The van der Waals surface area contributed by atoms with Crippen molar-refractivity contribution >= 4 is 17.4 Å². The van der Waals surface area contributed by atoms with Crippen molar-refractivity contribution in [2.24, 2.45) is 0 Å². The Hall–Kier alpha value is -2.43. The van der Waals surface area contributed by atoms with E-state index >= 15 is 0 Å². The van der Waals surface area contributed by atoms with Crippen LogP contribution in [-0.4, -0.2) is 40.9 Å². The summed E-state index contributed by atoms with van der Waals surface area (Å²) in [4.78, 5) is 24.9. The lowest BCUT2D eigenvalue weighted by Crippen LogP contribution is -2.29. The van der Waals surface area contributed by atoms with Gasteiger partial charge >= 0.3 is 0 Å². The molecule has 0 saturated heterocycles. The van der Waals surface area contributed by atoms with Crippen molar-refractivity contribution in [1.82, 2.24) is 14.9 Å². The van der Waals surface area contributed by atoms with Gasteiger partial charge in [0.15, 0.2) is 0 Å². The van der Waals surface area contributed by atoms with Gasteiger partial charge in [-0.25, -0.2) is 9.97 Å². The average Bonchev–Trinajstić information content (AvgIpc) is 3.03. The van der Waals surface area contributed by atoms with Crippen LogP contribution in [0.2, 0.25) is 0 Å². The second-order valence-electron chi connectivity index (χ2n) is 5.87. The Morgan fingerprint density at radius 3 is 2.96 bits per heavy atom. The van der Waals surface area contributed by atoms with Crippen LogP contribution in [-0.2, 0) is 6.42 Å². The minimum absolute atomic E-state index is 0.0467. The lowest BCUT2D eigenvalue weighted by atomic mass is 10.2. The first-order chi connectivity index (χ1) is 11.2. The van der Waals surface area contributed by atoms with E-state index in [1.165, 1.54) is 17.6 Å². The molecule has 5 heteroatoms. The quantitative estimate of drug-likeness (QED) is 0.851. The van der Waals surface area contributed by atoms with E-state index in [1.807, 2.05) is 13.1 Å². The molecule has 0 spiro atoms. The number of benzene rings is 1. The highest BCUT2D eigenvalue weighted by atomic mass is 16.2. The monoisotopic (exact) mass is 310 g/mol. The van der Waals surface area contributed by atoms with Crippen molar-refractivity contribution in [2.75, 3.05) is 25.0 Å². The highest BCUT2D eigenvalue weighted by Crippen LogP contribution is 2.33. The summed E-state index contributed by atoms with van der Waals surface area (Å²) in [5.41, 5.74) is 2.95. The molecule has 1 aliphatic rings. The standard InChI is InChI=1S/C18H22N4O/c1-3-4-10-21(2)18(23)15-12-17(20-13-19-15)22-11-9-14-7-5-6-8-16(14)22/h5-8,12-13H,3-4,9-11H2,1-2H3. The summed E-state index contributed by atoms with van der Waals surface area (Å²) in [6.45, 7) is 3.75. The first kappa shape index (κ1) is 15.5. The van der Waals surface area contributed by atoms with Crippen LogP contribution in [0.3, 0.4) is 0 Å². The maximum atomic E-state index is 12.5. The van der Waals surface area contributed by atoms with Crippen molar-refractivity contribution in [2.45, 2.75) is 26.2 Å². The molecule has 3 rings (SSSR count). The summed E-state index contributed by atoms with van der Waals surface area (Å²) in [6, 6.07) is 10.1. The molecule has 0 bridgehead atoms. The Bertz CT molecular complexity index is 701. The summed E-state index contributed by atoms with van der Waals surface area (Å²) < 4.78 is 0. The van der Waals surface area contributed by atoms with E-state index in [2.05, 4.69) is 40.0 Å². The Morgan fingerprint density at radius 1 is 1.30 bits per heavy atom. The van der Waals surface area contributed by atoms with E-state index in [0.29, 0.717) is 5.69 Å². The lowest BCUT2D eigenvalue weighted by molar-refractivity contribution is 0.0787. The Kier molecular flexibility index (Phi) is 4.55. The second kappa shape index (κ2) is 6.77. The number of amides is 1. The maximum absolute atomic E-state index is 12.5. The zero-order valence-corrected chi connectivity index (χ0v) is 13.7. The first-order valence-electron chi connectivity index (χ1n) is 8.13. The highest BCUT2D eigenvalue weighted by molar-refractivity contribution is 5.93. The van der Waals surface area contributed by atoms with Gasteiger partial charge in [0.05, 0.1) is 0 Å². The van der Waals surface area contributed by atoms with E-state index in [0.717, 1.165) is 38.2 Å². The normalized spacial score (nSPS) is 13.0. The first-order valence-corrected chi connectivity index (χ1v) is 8.13. The van der Waals surface area contributed by atoms with Crippen LogP contribution in [0.4, 0.5) is 11.5 Å². The van der Waals surface area contributed by atoms with Gasteiger partial charge in [0.25, 0.3) is 5.91 Å². The number of nitrogens with zero attached hydrogens (tertiary/aromatic N) is 4. The minimum atomic E-state index is -0.0467. The largest absolute Gasteiger partial charge is 0.340 e. The Morgan fingerprint density at radius 2 is 2.13 bits per heavy atom. The zero-order valence-electron chi connectivity index (χ0n) is 13.7. The number of para-hydroxylation sites is 1. The molecule has 0 unspecified atom stereocenters. The van der Waals surface area contributed by atoms with Gasteiger partial charge in [-0.15, -0.1) is 0 Å². The number of unbranched alkanes of at least 4 members (excludes halogenated alkanes) is 1. The van der Waals surface area contributed by atoms with Crippen molar-refractivity contribution < 1.29 is 4.79 Å². The van der Waals surface area contributed by atoms with Gasteiger partial charge in [-0.2, -0.15) is 0 Å². The molecule has 2 heterocycles. The number of carbonyl (C=O) groups is 1. The van der Waals surface area contributed by atoms with E-state index < -0.39 is 0 Å². The third kappa shape index (κ3) is 3.18. The van der Waals surface area contributed by atoms with Crippen molar-refractivity contribution in [1.29, 1.82) is 0 Å². The van der Waals surface area contributed by atoms with Crippen LogP contribution in [0.1, 0.15) is 35.8 Å². The molecule has 2 aromatic rings. The molecule has 0 N–H and O–H groups in total. The van der Waals surface area contributed by atoms with Crippen molar-refractivity contribution in [3.05, 3.63) is 47.9 Å². The van der Waals surface area contributed by atoms with Gasteiger partial charge in [0.2, 0.25) is 0 Å². The maximum Gasteiger partial charge on any atom is 0.272 e. The predicted octanol–water partition coefficient (Wildman–Crippen LogP) is 3.04. The van der Waals surface area contributed by atoms with E-state index in [-0.39, 0.29) is 5.91 Å². The summed E-state index contributed by atoms with van der Waals surface area (Å²) in [6.07, 6.45) is 4.55. The molecule has 5 nitrogen and oxygen atoms in total. The number of anilines is 2. The summed E-state index contributed by atoms with van der Waals surface area (Å²) in [7, 11) is 1.82. The summed E-state index contributed by atoms with van der Waals surface area (Å²) in [5, 5.41) is 0. The smallest absolute Gasteiger partial charge is 0.272 e. The molecule has 120 valence electrons. The van der Waals surface area contributed by atoms with Gasteiger partial charge in [-0.1, -0.05) is 31.5 Å². The molecular formula is C18H22N4O. The number of hydrogen-bond acceptors (Lipinski definition) is 4. The van der Waals surface area contributed by atoms with Crippen molar-refractivity contribution in [3.8, 4) is 0 Å². The topological polar surface area (TPSA) is 49.3 Å². The van der Waals surface area contributed by atoms with E-state index in [9.17, 15) is 4.79 Å². The van der Waals surface area contributed by atoms with Crippen LogP contribution in [0, 0.1) is 0 Å². The third-order valence-corrected chi connectivity index (χ3v) is 4.23. The molecule has 0 fully saturated rings. The van der Waals surface area contributed by atoms with Gasteiger partial charge in [-0.3, -0.25) is 4.79 Å². The molecule has 1 aromatic carbocycles. The molecule has 0 radical (unpaired) electrons. The highest BCUT2D eigenvalue weighted by Gasteiger charge is 2.22. The molecule has 23 heavy (non-hydrogen) atoms. The minimum Gasteiger partial charge on any atom is -0.340 e. The molecule has 0 saturated carbocycles. The number of rotatable bonds is 5. The van der Waals surface area contributed by atoms with Crippen LogP contribution in [0.5, 0.6) is 0 Å². The average molecular weight is 310 g/mol. The molecule has 1 aromatic heterocycles. The molecule has 1 aliphatic heterocycles. The van der Waals surface area contributed by atoms with E-state index in [1.54, 1.807) is 11.0 Å². The fourth-order valence-corrected chi connectivity index (χ4v) is 2.88. The molecule has 0 aliphatic carbocycles. The zero-order chi connectivity index (χ0) is 16.2. The number of carbonyl (C=O) groups excluding carboxylic acids is 1. The summed E-state index contributed by atoms with van der Waals surface area (Å²) in [5.74, 6) is 0.742. The Labute approximate surface area is 137 Å². The number of hydrogen-bond donors (Lipinski definition) is 0. The SMILES string of the molecule is CCCCN(C)C(=O)c1cc(N2CCc3ccccc32)ncn1. The van der Waals surface area contributed by atoms with Gasteiger partial charge < -0.3 is 9.80 Å². The Balaban J connectivity index is 1.82. The van der Waals surface area contributed by atoms with Gasteiger partial charge in [-0.05, 0) is 24.5 Å². The van der Waals surface area contributed by atoms with Crippen LogP contribution in [0.25, 0.3) is 0 Å². The molecule has 1 amide bonds. The van der Waals surface area contributed by atoms with Crippen LogP contribution in [0.15, 0.2) is 36.7 Å². The van der Waals surface area contributed by atoms with Crippen LogP contribution < -0.4 is 4.90 Å². The predicted molar refractivity (Wildman–Crippen MR) is 91.1 cm³/mol. The molecule has 0 atom stereocenters. The van der Waals surface area contributed by atoms with Gasteiger partial charge in [0.1, 0.15) is 17.8 Å². The number of fused-ring (bicyclic) bond motifs is 1. The lowest BCUT2D eigenvalue weighted by Gasteiger charge is -2.20. The van der Waals surface area contributed by atoms with Crippen molar-refractivity contribution in [3.63, 3.8) is 0 Å². The molecular weight excluding hydrogens is 288 g/mol. The summed E-state index contributed by atoms with van der Waals surface area (Å²) >= 11 is 0. The second-order valence-corrected chi connectivity index (χ2v) is 5.87. The van der Waals surface area contributed by atoms with Crippen LogP contribution >= 0.6 is 0 Å². The fourth-order valence-electron chi connectivity index (χ4n) is 2.88. The fraction of sp³-hybridized carbons (Fsp3) is 0.389. The van der Waals surface area contributed by atoms with E-state index in [4.69, 9.17) is 0 Å². The van der Waals surface area contributed by atoms with Gasteiger partial charge in [0, 0.05) is 31.9 Å².